The molecule has 1 heterocycles. The van der Waals surface area contributed by atoms with Crippen LogP contribution < -0.4 is 14.8 Å². The molecule has 108 valence electrons. The molecule has 0 fully saturated rings. The van der Waals surface area contributed by atoms with E-state index in [2.05, 4.69) is 21.2 Å². The highest BCUT2D eigenvalue weighted by Gasteiger charge is 2.17. The highest BCUT2D eigenvalue weighted by atomic mass is 79.9. The Hall–Kier alpha value is -2.28. The molecule has 0 aromatic heterocycles. The first-order valence-corrected chi connectivity index (χ1v) is 7.00. The summed E-state index contributed by atoms with van der Waals surface area (Å²) in [6.07, 6.45) is 0. The quantitative estimate of drug-likeness (QED) is 0.672. The number of hydrogen-bond donors (Lipinski definition) is 1. The fraction of sp³-hybridized carbons (Fsp3) is 0.143. The SMILES string of the molecule is O=[N+]([O-])c1ccc(NCc2cccc3c2OCO3)cc1Br. The van der Waals surface area contributed by atoms with Crippen molar-refractivity contribution in [1.29, 1.82) is 0 Å². The molecule has 2 aromatic carbocycles. The van der Waals surface area contributed by atoms with E-state index in [1.54, 1.807) is 12.1 Å². The number of rotatable bonds is 4. The van der Waals surface area contributed by atoms with Gasteiger partial charge in [-0.2, -0.15) is 0 Å². The molecule has 0 saturated carbocycles. The van der Waals surface area contributed by atoms with E-state index in [1.165, 1.54) is 6.07 Å². The maximum Gasteiger partial charge on any atom is 0.283 e. The zero-order chi connectivity index (χ0) is 14.8. The molecule has 2 aromatic rings. The van der Waals surface area contributed by atoms with Gasteiger partial charge in [0.15, 0.2) is 11.5 Å². The Kier molecular flexibility index (Phi) is 3.66. The molecule has 1 N–H and O–H groups in total. The molecule has 0 aliphatic carbocycles. The van der Waals surface area contributed by atoms with E-state index in [0.717, 1.165) is 22.7 Å². The third-order valence-corrected chi connectivity index (χ3v) is 3.74. The number of nitro groups is 1. The molecule has 0 spiro atoms. The molecule has 21 heavy (non-hydrogen) atoms. The molecular weight excluding hydrogens is 340 g/mol. The summed E-state index contributed by atoms with van der Waals surface area (Å²) in [5, 5.41) is 14.0. The third kappa shape index (κ3) is 2.78. The summed E-state index contributed by atoms with van der Waals surface area (Å²) in [6, 6.07) is 10.5. The number of hydrogen-bond acceptors (Lipinski definition) is 5. The molecule has 0 amide bonds. The Balaban J connectivity index is 1.75. The van der Waals surface area contributed by atoms with Gasteiger partial charge in [0, 0.05) is 23.9 Å². The first kappa shape index (κ1) is 13.7. The maximum absolute atomic E-state index is 10.8. The molecule has 0 saturated heterocycles. The standard InChI is InChI=1S/C14H11BrN2O4/c15-11-6-10(4-5-12(11)17(18)19)16-7-9-2-1-3-13-14(9)21-8-20-13/h1-6,16H,7-8H2. The lowest BCUT2D eigenvalue weighted by Gasteiger charge is -2.09. The van der Waals surface area contributed by atoms with Crippen LogP contribution in [0.25, 0.3) is 0 Å². The summed E-state index contributed by atoms with van der Waals surface area (Å²) in [7, 11) is 0. The lowest BCUT2D eigenvalue weighted by molar-refractivity contribution is -0.385. The van der Waals surface area contributed by atoms with Gasteiger partial charge < -0.3 is 14.8 Å². The normalized spacial score (nSPS) is 12.2. The van der Waals surface area contributed by atoms with Crippen LogP contribution in [-0.2, 0) is 6.54 Å². The van der Waals surface area contributed by atoms with Crippen molar-refractivity contribution in [2.75, 3.05) is 12.1 Å². The number of nitro benzene ring substituents is 1. The summed E-state index contributed by atoms with van der Waals surface area (Å²) in [5.41, 5.74) is 1.79. The number of nitrogens with zero attached hydrogens (tertiary/aromatic N) is 1. The van der Waals surface area contributed by atoms with E-state index in [1.807, 2.05) is 18.2 Å². The highest BCUT2D eigenvalue weighted by molar-refractivity contribution is 9.10. The van der Waals surface area contributed by atoms with Gasteiger partial charge in [-0.15, -0.1) is 0 Å². The Bertz CT molecular complexity index is 705. The number of fused-ring (bicyclic) bond motifs is 1. The van der Waals surface area contributed by atoms with Crippen LogP contribution in [0.3, 0.4) is 0 Å². The zero-order valence-electron chi connectivity index (χ0n) is 10.8. The van der Waals surface area contributed by atoms with Crippen LogP contribution in [0.1, 0.15) is 5.56 Å². The topological polar surface area (TPSA) is 73.6 Å². The number of halogens is 1. The zero-order valence-corrected chi connectivity index (χ0v) is 12.4. The van der Waals surface area contributed by atoms with Gasteiger partial charge in [-0.1, -0.05) is 12.1 Å². The highest BCUT2D eigenvalue weighted by Crippen LogP contribution is 2.36. The first-order valence-electron chi connectivity index (χ1n) is 6.20. The van der Waals surface area contributed by atoms with Crippen molar-refractivity contribution in [1.82, 2.24) is 0 Å². The summed E-state index contributed by atoms with van der Waals surface area (Å²) in [5.74, 6) is 1.48. The Morgan fingerprint density at radius 2 is 2.14 bits per heavy atom. The van der Waals surface area contributed by atoms with Gasteiger partial charge in [-0.05, 0) is 34.1 Å². The van der Waals surface area contributed by atoms with E-state index in [9.17, 15) is 10.1 Å². The van der Waals surface area contributed by atoms with Gasteiger partial charge >= 0.3 is 0 Å². The van der Waals surface area contributed by atoms with E-state index in [0.29, 0.717) is 11.0 Å². The number of anilines is 1. The van der Waals surface area contributed by atoms with E-state index in [-0.39, 0.29) is 12.5 Å². The number of para-hydroxylation sites is 1. The molecule has 6 nitrogen and oxygen atoms in total. The Morgan fingerprint density at radius 3 is 2.90 bits per heavy atom. The van der Waals surface area contributed by atoms with Crippen molar-refractivity contribution in [2.45, 2.75) is 6.54 Å². The summed E-state index contributed by atoms with van der Waals surface area (Å²) in [6.45, 7) is 0.770. The predicted molar refractivity (Wildman–Crippen MR) is 80.7 cm³/mol. The fourth-order valence-corrected chi connectivity index (χ4v) is 2.62. The minimum Gasteiger partial charge on any atom is -0.454 e. The van der Waals surface area contributed by atoms with Crippen molar-refractivity contribution in [3.63, 3.8) is 0 Å². The second kappa shape index (κ2) is 5.61. The fourth-order valence-electron chi connectivity index (χ4n) is 2.09. The van der Waals surface area contributed by atoms with Gasteiger partial charge in [-0.25, -0.2) is 0 Å². The molecule has 0 bridgehead atoms. The van der Waals surface area contributed by atoms with Gasteiger partial charge in [0.05, 0.1) is 9.40 Å². The lowest BCUT2D eigenvalue weighted by atomic mass is 10.2. The monoisotopic (exact) mass is 350 g/mol. The average Bonchev–Trinajstić information content (AvgIpc) is 2.93. The molecule has 7 heteroatoms. The van der Waals surface area contributed by atoms with Gasteiger partial charge in [0.1, 0.15) is 0 Å². The second-order valence-electron chi connectivity index (χ2n) is 4.43. The Morgan fingerprint density at radius 1 is 1.29 bits per heavy atom. The molecule has 3 rings (SSSR count). The minimum atomic E-state index is -0.427. The molecule has 0 radical (unpaired) electrons. The first-order chi connectivity index (χ1) is 10.1. The van der Waals surface area contributed by atoms with Crippen molar-refractivity contribution >= 4 is 27.3 Å². The van der Waals surface area contributed by atoms with Crippen molar-refractivity contribution in [3.05, 3.63) is 56.5 Å². The van der Waals surface area contributed by atoms with Gasteiger partial charge in [0.2, 0.25) is 6.79 Å². The van der Waals surface area contributed by atoms with E-state index in [4.69, 9.17) is 9.47 Å². The van der Waals surface area contributed by atoms with Gasteiger partial charge in [0.25, 0.3) is 5.69 Å². The molecule has 0 atom stereocenters. The minimum absolute atomic E-state index is 0.0397. The molecule has 1 aliphatic heterocycles. The summed E-state index contributed by atoms with van der Waals surface area (Å²) >= 11 is 3.20. The molecular formula is C14H11BrN2O4. The van der Waals surface area contributed by atoms with Crippen molar-refractivity contribution in [3.8, 4) is 11.5 Å². The van der Waals surface area contributed by atoms with E-state index < -0.39 is 4.92 Å². The van der Waals surface area contributed by atoms with Crippen LogP contribution in [0.4, 0.5) is 11.4 Å². The third-order valence-electron chi connectivity index (χ3n) is 3.11. The lowest BCUT2D eigenvalue weighted by Crippen LogP contribution is -2.01. The van der Waals surface area contributed by atoms with Crippen LogP contribution in [0.15, 0.2) is 40.9 Å². The predicted octanol–water partition coefficient (Wildman–Crippen LogP) is 3.70. The van der Waals surface area contributed by atoms with E-state index >= 15 is 0 Å². The largest absolute Gasteiger partial charge is 0.454 e. The van der Waals surface area contributed by atoms with Crippen molar-refractivity contribution < 1.29 is 14.4 Å². The number of nitrogens with one attached hydrogen (secondary N) is 1. The number of ether oxygens (including phenoxy) is 2. The Labute approximate surface area is 129 Å². The van der Waals surface area contributed by atoms with Crippen LogP contribution in [0, 0.1) is 10.1 Å². The van der Waals surface area contributed by atoms with Crippen LogP contribution in [0.5, 0.6) is 11.5 Å². The van der Waals surface area contributed by atoms with Crippen molar-refractivity contribution in [2.24, 2.45) is 0 Å². The maximum atomic E-state index is 10.8. The average molecular weight is 351 g/mol. The smallest absolute Gasteiger partial charge is 0.283 e. The second-order valence-corrected chi connectivity index (χ2v) is 5.28. The van der Waals surface area contributed by atoms with Crippen LogP contribution in [0.2, 0.25) is 0 Å². The summed E-state index contributed by atoms with van der Waals surface area (Å²) < 4.78 is 11.2. The number of benzene rings is 2. The van der Waals surface area contributed by atoms with Crippen LogP contribution >= 0.6 is 15.9 Å². The molecule has 1 aliphatic rings. The summed E-state index contributed by atoms with van der Waals surface area (Å²) in [4.78, 5) is 10.3. The van der Waals surface area contributed by atoms with Gasteiger partial charge in [-0.3, -0.25) is 10.1 Å². The molecule has 0 unspecified atom stereocenters. The van der Waals surface area contributed by atoms with Crippen LogP contribution in [-0.4, -0.2) is 11.7 Å².